The van der Waals surface area contributed by atoms with Gasteiger partial charge in [0.05, 0.1) is 34.3 Å². The van der Waals surface area contributed by atoms with Gasteiger partial charge in [0.2, 0.25) is 0 Å². The number of nitrogens with zero attached hydrogens (tertiary/aromatic N) is 5. The van der Waals surface area contributed by atoms with Crippen LogP contribution in [0.25, 0.3) is 11.4 Å². The number of halogens is 1. The maximum atomic E-state index is 13.0. The molecular formula is C26H22BrN5O3. The summed E-state index contributed by atoms with van der Waals surface area (Å²) in [5, 5.41) is 19.3. The first-order valence-electron chi connectivity index (χ1n) is 11.2. The number of aromatic carboxylic acids is 1. The average molecular weight is 532 g/mol. The third kappa shape index (κ3) is 3.35. The molecule has 0 radical (unpaired) electrons. The third-order valence-electron chi connectivity index (χ3n) is 7.30. The molecule has 0 unspecified atom stereocenters. The van der Waals surface area contributed by atoms with E-state index in [9.17, 15) is 20.0 Å². The Morgan fingerprint density at radius 1 is 1.29 bits per heavy atom. The van der Waals surface area contributed by atoms with E-state index in [-0.39, 0.29) is 22.8 Å². The largest absolute Gasteiger partial charge is 0.478 e. The lowest BCUT2D eigenvalue weighted by molar-refractivity contribution is -0.121. The van der Waals surface area contributed by atoms with Gasteiger partial charge in [-0.1, -0.05) is 19.1 Å². The number of benzene rings is 1. The summed E-state index contributed by atoms with van der Waals surface area (Å²) >= 11 is 3.55. The van der Waals surface area contributed by atoms with Gasteiger partial charge in [0.15, 0.2) is 5.78 Å². The first-order chi connectivity index (χ1) is 16.7. The lowest BCUT2D eigenvalue weighted by Crippen LogP contribution is -2.48. The molecule has 176 valence electrons. The number of Topliss-reactive ketones (excluding diaryl/α,β-unsaturated/α-hetero) is 1. The summed E-state index contributed by atoms with van der Waals surface area (Å²) in [4.78, 5) is 38.6. The van der Waals surface area contributed by atoms with Gasteiger partial charge in [0, 0.05) is 18.5 Å². The number of carbonyl (C=O) groups excluding carboxylic acids is 1. The van der Waals surface area contributed by atoms with Gasteiger partial charge in [-0.2, -0.15) is 5.26 Å². The molecule has 0 amide bonds. The fraction of sp³-hybridized carbons (Fsp3) is 0.308. The Balaban J connectivity index is 1.88. The molecular weight excluding hydrogens is 510 g/mol. The van der Waals surface area contributed by atoms with Gasteiger partial charge in [-0.05, 0) is 65.4 Å². The minimum absolute atomic E-state index is 0.100. The number of nitriles is 1. The zero-order chi connectivity index (χ0) is 25.1. The van der Waals surface area contributed by atoms with E-state index in [0.717, 1.165) is 28.2 Å². The Labute approximate surface area is 210 Å². The van der Waals surface area contributed by atoms with Crippen LogP contribution < -0.4 is 0 Å². The zero-order valence-corrected chi connectivity index (χ0v) is 21.0. The summed E-state index contributed by atoms with van der Waals surface area (Å²) in [6.07, 6.45) is 4.81. The van der Waals surface area contributed by atoms with Crippen LogP contribution in [0.2, 0.25) is 0 Å². The average Bonchev–Trinajstić information content (AvgIpc) is 3.18. The molecule has 0 spiro atoms. The number of hydrogen-bond acceptors (Lipinski definition) is 6. The fourth-order valence-electron chi connectivity index (χ4n) is 5.70. The van der Waals surface area contributed by atoms with Crippen LogP contribution in [0.15, 0.2) is 46.8 Å². The predicted octanol–water partition coefficient (Wildman–Crippen LogP) is 4.16. The standard InChI is InChI=1S/C26H22BrN5O3/c1-13-19-9-8-18-20(21-24(27)29-12-32(21)3)30-14(2)31-23(18)26(19,10-16(11-28)22(13)33)17-6-4-15(5-7-17)25(34)35/h4-7,10,12-13,19H,8-9H2,1-3H3,(H,34,35)/t13-,19-,26+/m0/s1. The van der Waals surface area contributed by atoms with Crippen LogP contribution >= 0.6 is 15.9 Å². The molecule has 3 aromatic rings. The van der Waals surface area contributed by atoms with Crippen LogP contribution in [-0.4, -0.2) is 36.4 Å². The molecule has 1 aromatic carbocycles. The number of fused-ring (bicyclic) bond motifs is 3. The third-order valence-corrected chi connectivity index (χ3v) is 7.88. The Morgan fingerprint density at radius 3 is 2.60 bits per heavy atom. The Morgan fingerprint density at radius 2 is 2.00 bits per heavy atom. The van der Waals surface area contributed by atoms with Crippen LogP contribution in [-0.2, 0) is 23.7 Å². The summed E-state index contributed by atoms with van der Waals surface area (Å²) in [6.45, 7) is 3.70. The number of rotatable bonds is 3. The second kappa shape index (κ2) is 8.24. The van der Waals surface area contributed by atoms with Crippen molar-refractivity contribution in [1.29, 1.82) is 5.26 Å². The molecule has 2 aromatic heterocycles. The topological polar surface area (TPSA) is 122 Å². The predicted molar refractivity (Wildman–Crippen MR) is 131 cm³/mol. The van der Waals surface area contributed by atoms with Crippen molar-refractivity contribution in [3.05, 3.63) is 75.1 Å². The number of imidazole rings is 1. The smallest absolute Gasteiger partial charge is 0.335 e. The van der Waals surface area contributed by atoms with Gasteiger partial charge in [0.1, 0.15) is 22.2 Å². The van der Waals surface area contributed by atoms with E-state index in [2.05, 4.69) is 27.0 Å². The molecule has 0 fully saturated rings. The number of aromatic nitrogens is 4. The van der Waals surface area contributed by atoms with E-state index in [0.29, 0.717) is 23.3 Å². The molecule has 35 heavy (non-hydrogen) atoms. The van der Waals surface area contributed by atoms with E-state index in [1.165, 1.54) is 0 Å². The van der Waals surface area contributed by atoms with Crippen molar-refractivity contribution in [1.82, 2.24) is 19.5 Å². The van der Waals surface area contributed by atoms with Crippen molar-refractivity contribution < 1.29 is 14.7 Å². The van der Waals surface area contributed by atoms with Crippen molar-refractivity contribution in [2.45, 2.75) is 32.1 Å². The number of aryl methyl sites for hydroxylation is 2. The van der Waals surface area contributed by atoms with Crippen LogP contribution in [0.4, 0.5) is 0 Å². The van der Waals surface area contributed by atoms with E-state index in [4.69, 9.17) is 9.97 Å². The highest BCUT2D eigenvalue weighted by Gasteiger charge is 2.53. The molecule has 0 saturated carbocycles. The Kier molecular flexibility index (Phi) is 5.44. The minimum atomic E-state index is -1.02. The molecule has 0 bridgehead atoms. The van der Waals surface area contributed by atoms with Crippen LogP contribution in [0, 0.1) is 30.1 Å². The van der Waals surface area contributed by atoms with Gasteiger partial charge >= 0.3 is 5.97 Å². The molecule has 3 atom stereocenters. The van der Waals surface area contributed by atoms with E-state index >= 15 is 0 Å². The number of allylic oxidation sites excluding steroid dienone is 2. The normalized spacial score (nSPS) is 23.2. The highest BCUT2D eigenvalue weighted by Crippen LogP contribution is 2.54. The van der Waals surface area contributed by atoms with Crippen molar-refractivity contribution in [2.75, 3.05) is 0 Å². The van der Waals surface area contributed by atoms with Crippen LogP contribution in [0.3, 0.4) is 0 Å². The first-order valence-corrected chi connectivity index (χ1v) is 12.0. The summed E-state index contributed by atoms with van der Waals surface area (Å²) < 4.78 is 2.57. The highest BCUT2D eigenvalue weighted by molar-refractivity contribution is 9.10. The van der Waals surface area contributed by atoms with Gasteiger partial charge in [-0.15, -0.1) is 0 Å². The van der Waals surface area contributed by atoms with E-state index in [1.54, 1.807) is 36.7 Å². The number of hydrogen-bond donors (Lipinski definition) is 1. The van der Waals surface area contributed by atoms with Gasteiger partial charge in [-0.3, -0.25) is 4.79 Å². The summed E-state index contributed by atoms with van der Waals surface area (Å²) in [5.74, 6) is -1.17. The molecule has 0 aliphatic heterocycles. The Bertz CT molecular complexity index is 1450. The number of carboxylic acid groups (broad SMARTS) is 1. The van der Waals surface area contributed by atoms with Gasteiger partial charge < -0.3 is 9.67 Å². The monoisotopic (exact) mass is 531 g/mol. The van der Waals surface area contributed by atoms with Crippen molar-refractivity contribution in [3.63, 3.8) is 0 Å². The number of ketones is 1. The van der Waals surface area contributed by atoms with E-state index in [1.807, 2.05) is 25.5 Å². The molecule has 2 aliphatic rings. The maximum Gasteiger partial charge on any atom is 0.335 e. The van der Waals surface area contributed by atoms with Crippen molar-refractivity contribution >= 4 is 27.7 Å². The zero-order valence-electron chi connectivity index (χ0n) is 19.4. The molecule has 2 heterocycles. The van der Waals surface area contributed by atoms with E-state index < -0.39 is 17.3 Å². The molecule has 1 N–H and O–H groups in total. The van der Waals surface area contributed by atoms with Crippen LogP contribution in [0.1, 0.15) is 46.3 Å². The summed E-state index contributed by atoms with van der Waals surface area (Å²) in [7, 11) is 1.90. The van der Waals surface area contributed by atoms with Gasteiger partial charge in [-0.25, -0.2) is 19.7 Å². The SMILES string of the molecule is Cc1nc(-c2c(Br)ncn2C)c2c(n1)[C@@]1(c3ccc(C(=O)O)cc3)C=C(C#N)C(=O)[C@@H](C)[C@@H]1CC2. The highest BCUT2D eigenvalue weighted by atomic mass is 79.9. The quantitative estimate of drug-likeness (QED) is 0.538. The second-order valence-electron chi connectivity index (χ2n) is 9.16. The molecule has 8 nitrogen and oxygen atoms in total. The van der Waals surface area contributed by atoms with Gasteiger partial charge in [0.25, 0.3) is 0 Å². The maximum absolute atomic E-state index is 13.0. The number of carbonyl (C=O) groups is 2. The molecule has 9 heteroatoms. The fourth-order valence-corrected chi connectivity index (χ4v) is 6.26. The summed E-state index contributed by atoms with van der Waals surface area (Å²) in [5.41, 5.74) is 3.46. The first kappa shape index (κ1) is 23.1. The summed E-state index contributed by atoms with van der Waals surface area (Å²) in [6, 6.07) is 8.77. The molecule has 2 aliphatic carbocycles. The minimum Gasteiger partial charge on any atom is -0.478 e. The van der Waals surface area contributed by atoms with Crippen molar-refractivity contribution in [3.8, 4) is 17.5 Å². The van der Waals surface area contributed by atoms with Crippen molar-refractivity contribution in [2.24, 2.45) is 18.9 Å². The lowest BCUT2D eigenvalue weighted by Gasteiger charge is -2.48. The molecule has 5 rings (SSSR count). The van der Waals surface area contributed by atoms with Crippen LogP contribution in [0.5, 0.6) is 0 Å². The molecule has 0 saturated heterocycles. The number of carboxylic acids is 1. The lowest BCUT2D eigenvalue weighted by atomic mass is 9.54. The Hall–Kier alpha value is -3.64. The second-order valence-corrected chi connectivity index (χ2v) is 9.91.